The summed E-state index contributed by atoms with van der Waals surface area (Å²) >= 11 is 11.6. The van der Waals surface area contributed by atoms with E-state index in [-0.39, 0.29) is 0 Å². The predicted molar refractivity (Wildman–Crippen MR) is 68.0 cm³/mol. The van der Waals surface area contributed by atoms with Crippen molar-refractivity contribution < 1.29 is 0 Å². The fraction of sp³-hybridized carbons (Fsp3) is 0.0833. The maximum Gasteiger partial charge on any atom is 0.147 e. The van der Waals surface area contributed by atoms with Crippen molar-refractivity contribution in [2.45, 2.75) is 6.54 Å². The lowest BCUT2D eigenvalue weighted by atomic mass is 10.2. The van der Waals surface area contributed by atoms with Crippen LogP contribution in [0.15, 0.2) is 42.6 Å². The molecule has 0 aliphatic carbocycles. The molecule has 2 nitrogen and oxygen atoms in total. The number of halogens is 2. The monoisotopic (exact) mass is 252 g/mol. The van der Waals surface area contributed by atoms with E-state index >= 15 is 0 Å². The van der Waals surface area contributed by atoms with Crippen LogP contribution in [-0.2, 0) is 6.54 Å². The van der Waals surface area contributed by atoms with Crippen LogP contribution in [0.2, 0.25) is 10.2 Å². The molecule has 0 spiro atoms. The largest absolute Gasteiger partial charge is 0.380 e. The lowest BCUT2D eigenvalue weighted by Crippen LogP contribution is -1.99. The highest BCUT2D eigenvalue weighted by Crippen LogP contribution is 2.22. The third kappa shape index (κ3) is 2.87. The zero-order chi connectivity index (χ0) is 11.4. The number of nitrogens with one attached hydrogen (secondary N) is 1. The van der Waals surface area contributed by atoms with Crippen molar-refractivity contribution in [1.29, 1.82) is 0 Å². The van der Waals surface area contributed by atoms with E-state index in [0.29, 0.717) is 10.2 Å². The Bertz CT molecular complexity index is 472. The fourth-order valence-corrected chi connectivity index (χ4v) is 1.59. The molecule has 1 aromatic carbocycles. The van der Waals surface area contributed by atoms with Gasteiger partial charge in [0.25, 0.3) is 0 Å². The average Bonchev–Trinajstić information content (AvgIpc) is 2.32. The van der Waals surface area contributed by atoms with Gasteiger partial charge < -0.3 is 5.32 Å². The van der Waals surface area contributed by atoms with E-state index in [1.807, 2.05) is 18.2 Å². The topological polar surface area (TPSA) is 24.9 Å². The minimum absolute atomic E-state index is 0.326. The summed E-state index contributed by atoms with van der Waals surface area (Å²) < 4.78 is 0. The first-order valence-corrected chi connectivity index (χ1v) is 5.60. The highest BCUT2D eigenvalue weighted by atomic mass is 35.5. The lowest BCUT2D eigenvalue weighted by molar-refractivity contribution is 1.14. The van der Waals surface area contributed by atoms with Crippen molar-refractivity contribution in [2.75, 3.05) is 5.32 Å². The van der Waals surface area contributed by atoms with Crippen molar-refractivity contribution in [1.82, 2.24) is 4.98 Å². The molecule has 0 saturated heterocycles. The van der Waals surface area contributed by atoms with Crippen LogP contribution >= 0.6 is 23.2 Å². The molecule has 0 amide bonds. The molecule has 0 aliphatic rings. The third-order valence-corrected chi connectivity index (χ3v) is 2.82. The molecule has 0 radical (unpaired) electrons. The summed E-state index contributed by atoms with van der Waals surface area (Å²) in [7, 11) is 0. The Morgan fingerprint density at radius 3 is 2.56 bits per heavy atom. The Labute approximate surface area is 104 Å². The van der Waals surface area contributed by atoms with Crippen LogP contribution in [0.25, 0.3) is 0 Å². The minimum Gasteiger partial charge on any atom is -0.380 e. The van der Waals surface area contributed by atoms with Crippen molar-refractivity contribution in [3.63, 3.8) is 0 Å². The Hall–Kier alpha value is -1.25. The van der Waals surface area contributed by atoms with Crippen LogP contribution in [-0.4, -0.2) is 4.98 Å². The van der Waals surface area contributed by atoms with E-state index in [1.165, 1.54) is 5.56 Å². The van der Waals surface area contributed by atoms with Crippen LogP contribution in [0, 0.1) is 0 Å². The van der Waals surface area contributed by atoms with E-state index in [4.69, 9.17) is 23.2 Å². The van der Waals surface area contributed by atoms with Gasteiger partial charge in [0.1, 0.15) is 5.15 Å². The Kier molecular flexibility index (Phi) is 3.65. The molecule has 0 unspecified atom stereocenters. The predicted octanol–water partition coefficient (Wildman–Crippen LogP) is 4.00. The lowest BCUT2D eigenvalue weighted by Gasteiger charge is -2.06. The highest BCUT2D eigenvalue weighted by Gasteiger charge is 2.00. The Morgan fingerprint density at radius 1 is 1.12 bits per heavy atom. The molecule has 82 valence electrons. The van der Waals surface area contributed by atoms with Gasteiger partial charge in [-0.1, -0.05) is 53.5 Å². The standard InChI is InChI=1S/C12H10Cl2N2/c13-11-6-10(8-16-12(11)14)15-7-9-4-2-1-3-5-9/h1-6,8,15H,7H2. The summed E-state index contributed by atoms with van der Waals surface area (Å²) in [6.07, 6.45) is 1.66. The van der Waals surface area contributed by atoms with Gasteiger partial charge in [-0.25, -0.2) is 4.98 Å². The number of aromatic nitrogens is 1. The zero-order valence-corrected chi connectivity index (χ0v) is 9.96. The fourth-order valence-electron chi connectivity index (χ4n) is 1.32. The minimum atomic E-state index is 0.326. The molecular formula is C12H10Cl2N2. The van der Waals surface area contributed by atoms with Crippen LogP contribution in [0.1, 0.15) is 5.56 Å². The number of rotatable bonds is 3. The van der Waals surface area contributed by atoms with Crippen LogP contribution < -0.4 is 5.32 Å². The molecule has 0 fully saturated rings. The van der Waals surface area contributed by atoms with E-state index in [1.54, 1.807) is 12.3 Å². The molecular weight excluding hydrogens is 243 g/mol. The number of hydrogen-bond acceptors (Lipinski definition) is 2. The number of benzene rings is 1. The van der Waals surface area contributed by atoms with Gasteiger partial charge in [0.05, 0.1) is 16.9 Å². The van der Waals surface area contributed by atoms with E-state index < -0.39 is 0 Å². The number of anilines is 1. The van der Waals surface area contributed by atoms with Crippen LogP contribution in [0.3, 0.4) is 0 Å². The average molecular weight is 253 g/mol. The van der Waals surface area contributed by atoms with Gasteiger partial charge in [-0.05, 0) is 11.6 Å². The molecule has 1 N–H and O–H groups in total. The molecule has 2 rings (SSSR count). The molecule has 1 aromatic heterocycles. The van der Waals surface area contributed by atoms with Gasteiger partial charge in [0.2, 0.25) is 0 Å². The normalized spacial score (nSPS) is 10.1. The number of hydrogen-bond donors (Lipinski definition) is 1. The molecule has 0 aliphatic heterocycles. The van der Waals surface area contributed by atoms with Gasteiger partial charge in [0.15, 0.2) is 0 Å². The highest BCUT2D eigenvalue weighted by molar-refractivity contribution is 6.41. The zero-order valence-electron chi connectivity index (χ0n) is 8.45. The third-order valence-electron chi connectivity index (χ3n) is 2.14. The van der Waals surface area contributed by atoms with Gasteiger partial charge in [-0.15, -0.1) is 0 Å². The van der Waals surface area contributed by atoms with Crippen molar-refractivity contribution >= 4 is 28.9 Å². The maximum atomic E-state index is 5.86. The second-order valence-corrected chi connectivity index (χ2v) is 4.10. The first kappa shape index (κ1) is 11.2. The molecule has 1 heterocycles. The summed E-state index contributed by atoms with van der Waals surface area (Å²) in [4.78, 5) is 3.96. The van der Waals surface area contributed by atoms with Crippen LogP contribution in [0.4, 0.5) is 5.69 Å². The molecule has 2 aromatic rings. The first-order valence-electron chi connectivity index (χ1n) is 4.84. The van der Waals surface area contributed by atoms with Gasteiger partial charge >= 0.3 is 0 Å². The van der Waals surface area contributed by atoms with Gasteiger partial charge in [-0.3, -0.25) is 0 Å². The number of pyridine rings is 1. The van der Waals surface area contributed by atoms with E-state index in [9.17, 15) is 0 Å². The summed E-state index contributed by atoms with van der Waals surface area (Å²) in [5.41, 5.74) is 2.06. The summed E-state index contributed by atoms with van der Waals surface area (Å²) in [5, 5.41) is 4.01. The number of nitrogens with zero attached hydrogens (tertiary/aromatic N) is 1. The molecule has 0 atom stereocenters. The van der Waals surface area contributed by atoms with E-state index in [2.05, 4.69) is 22.4 Å². The summed E-state index contributed by atoms with van der Waals surface area (Å²) in [6.45, 7) is 0.737. The second-order valence-electron chi connectivity index (χ2n) is 3.34. The Balaban J connectivity index is 2.03. The Morgan fingerprint density at radius 2 is 1.88 bits per heavy atom. The maximum absolute atomic E-state index is 5.86. The molecule has 4 heteroatoms. The van der Waals surface area contributed by atoms with E-state index in [0.717, 1.165) is 12.2 Å². The summed E-state index contributed by atoms with van der Waals surface area (Å²) in [5.74, 6) is 0. The summed E-state index contributed by atoms with van der Waals surface area (Å²) in [6, 6.07) is 11.9. The smallest absolute Gasteiger partial charge is 0.147 e. The quantitative estimate of drug-likeness (QED) is 0.836. The van der Waals surface area contributed by atoms with Gasteiger partial charge in [-0.2, -0.15) is 0 Å². The molecule has 0 bridgehead atoms. The van der Waals surface area contributed by atoms with Crippen molar-refractivity contribution in [2.24, 2.45) is 0 Å². The van der Waals surface area contributed by atoms with Crippen molar-refractivity contribution in [3.05, 3.63) is 58.3 Å². The van der Waals surface area contributed by atoms with Crippen LogP contribution in [0.5, 0.6) is 0 Å². The molecule has 16 heavy (non-hydrogen) atoms. The van der Waals surface area contributed by atoms with Crippen molar-refractivity contribution in [3.8, 4) is 0 Å². The first-order chi connectivity index (χ1) is 7.75. The second kappa shape index (κ2) is 5.19. The SMILES string of the molecule is Clc1cc(NCc2ccccc2)cnc1Cl. The van der Waals surface area contributed by atoms with Gasteiger partial charge in [0, 0.05) is 6.54 Å². The molecule has 0 saturated carbocycles.